The minimum Gasteiger partial charge on any atom is -0.492 e. The van der Waals surface area contributed by atoms with Gasteiger partial charge in [0, 0.05) is 13.1 Å². The molecule has 1 aliphatic heterocycles. The Labute approximate surface area is 130 Å². The van der Waals surface area contributed by atoms with Gasteiger partial charge < -0.3 is 15.0 Å². The Morgan fingerprint density at radius 3 is 2.82 bits per heavy atom. The van der Waals surface area contributed by atoms with Crippen LogP contribution in [0.25, 0.3) is 0 Å². The van der Waals surface area contributed by atoms with Crippen LogP contribution in [0.15, 0.2) is 30.5 Å². The standard InChI is InChI=1S/C16H21N5O/c1-2-22-14-9-5-4-8-13(14)18-16-19-15(12-17-20-16)21-10-6-3-7-11-21/h4-5,8-9,12H,2-3,6-7,10-11H2,1H3,(H,18,19,20). The van der Waals surface area contributed by atoms with Crippen LogP contribution in [0, 0.1) is 0 Å². The van der Waals surface area contributed by atoms with Crippen molar-refractivity contribution in [3.63, 3.8) is 0 Å². The molecular weight excluding hydrogens is 278 g/mol. The third-order valence-corrected chi connectivity index (χ3v) is 3.66. The molecule has 1 saturated heterocycles. The first-order valence-electron chi connectivity index (χ1n) is 7.80. The van der Waals surface area contributed by atoms with Gasteiger partial charge in [-0.1, -0.05) is 12.1 Å². The minimum absolute atomic E-state index is 0.496. The van der Waals surface area contributed by atoms with Gasteiger partial charge in [-0.05, 0) is 38.3 Å². The molecule has 0 saturated carbocycles. The molecule has 2 heterocycles. The first kappa shape index (κ1) is 14.6. The predicted molar refractivity (Wildman–Crippen MR) is 86.8 cm³/mol. The zero-order chi connectivity index (χ0) is 15.2. The quantitative estimate of drug-likeness (QED) is 0.915. The molecule has 0 unspecified atom stereocenters. The summed E-state index contributed by atoms with van der Waals surface area (Å²) in [6.45, 7) is 4.65. The lowest BCUT2D eigenvalue weighted by molar-refractivity contribution is 0.342. The van der Waals surface area contributed by atoms with E-state index in [1.807, 2.05) is 31.2 Å². The number of nitrogens with zero attached hydrogens (tertiary/aromatic N) is 4. The van der Waals surface area contributed by atoms with Gasteiger partial charge in [0.05, 0.1) is 18.5 Å². The lowest BCUT2D eigenvalue weighted by Crippen LogP contribution is -2.30. The number of piperidine rings is 1. The van der Waals surface area contributed by atoms with Crippen molar-refractivity contribution in [2.75, 3.05) is 29.9 Å². The van der Waals surface area contributed by atoms with Crippen molar-refractivity contribution in [2.45, 2.75) is 26.2 Å². The molecule has 0 atom stereocenters. The maximum atomic E-state index is 5.61. The molecule has 0 radical (unpaired) electrons. The van der Waals surface area contributed by atoms with Crippen molar-refractivity contribution in [3.8, 4) is 5.75 Å². The molecule has 6 nitrogen and oxygen atoms in total. The number of anilines is 3. The fourth-order valence-corrected chi connectivity index (χ4v) is 2.59. The Bertz CT molecular complexity index is 613. The second kappa shape index (κ2) is 7.06. The average molecular weight is 299 g/mol. The monoisotopic (exact) mass is 299 g/mol. The van der Waals surface area contributed by atoms with E-state index < -0.39 is 0 Å². The Morgan fingerprint density at radius 2 is 2.00 bits per heavy atom. The van der Waals surface area contributed by atoms with Crippen molar-refractivity contribution in [1.82, 2.24) is 15.2 Å². The van der Waals surface area contributed by atoms with E-state index in [1.165, 1.54) is 19.3 Å². The number of para-hydroxylation sites is 2. The highest BCUT2D eigenvalue weighted by atomic mass is 16.5. The van der Waals surface area contributed by atoms with Crippen LogP contribution in [-0.4, -0.2) is 34.9 Å². The van der Waals surface area contributed by atoms with Crippen LogP contribution >= 0.6 is 0 Å². The Hall–Kier alpha value is -2.37. The van der Waals surface area contributed by atoms with E-state index in [2.05, 4.69) is 25.4 Å². The van der Waals surface area contributed by atoms with Gasteiger partial charge >= 0.3 is 0 Å². The van der Waals surface area contributed by atoms with Gasteiger partial charge in [-0.15, -0.1) is 5.10 Å². The number of aromatic nitrogens is 3. The third-order valence-electron chi connectivity index (χ3n) is 3.66. The van der Waals surface area contributed by atoms with Crippen molar-refractivity contribution in [3.05, 3.63) is 30.5 Å². The van der Waals surface area contributed by atoms with Gasteiger partial charge in [0.25, 0.3) is 0 Å². The lowest BCUT2D eigenvalue weighted by Gasteiger charge is -2.27. The Kier molecular flexibility index (Phi) is 4.68. The van der Waals surface area contributed by atoms with E-state index in [0.717, 1.165) is 30.3 Å². The molecule has 1 aromatic heterocycles. The summed E-state index contributed by atoms with van der Waals surface area (Å²) >= 11 is 0. The zero-order valence-corrected chi connectivity index (χ0v) is 12.8. The van der Waals surface area contributed by atoms with Gasteiger partial charge in [0.15, 0.2) is 5.82 Å². The van der Waals surface area contributed by atoms with E-state index in [0.29, 0.717) is 12.6 Å². The third kappa shape index (κ3) is 3.44. The molecule has 22 heavy (non-hydrogen) atoms. The number of hydrogen-bond donors (Lipinski definition) is 1. The second-order valence-electron chi connectivity index (χ2n) is 5.24. The smallest absolute Gasteiger partial charge is 0.249 e. The summed E-state index contributed by atoms with van der Waals surface area (Å²) in [5.74, 6) is 2.17. The van der Waals surface area contributed by atoms with Crippen molar-refractivity contribution in [2.24, 2.45) is 0 Å². The zero-order valence-electron chi connectivity index (χ0n) is 12.8. The van der Waals surface area contributed by atoms with E-state index in [1.54, 1.807) is 6.20 Å². The van der Waals surface area contributed by atoms with Gasteiger partial charge in [0.1, 0.15) is 5.75 Å². The fraction of sp³-hybridized carbons (Fsp3) is 0.438. The van der Waals surface area contributed by atoms with Crippen molar-refractivity contribution in [1.29, 1.82) is 0 Å². The van der Waals surface area contributed by atoms with Crippen LogP contribution in [0.5, 0.6) is 5.75 Å². The topological polar surface area (TPSA) is 63.2 Å². The minimum atomic E-state index is 0.496. The molecule has 1 aliphatic rings. The molecule has 1 aromatic carbocycles. The van der Waals surface area contributed by atoms with E-state index in [4.69, 9.17) is 4.74 Å². The van der Waals surface area contributed by atoms with Crippen molar-refractivity contribution < 1.29 is 4.74 Å². The highest BCUT2D eigenvalue weighted by Gasteiger charge is 2.14. The summed E-state index contributed by atoms with van der Waals surface area (Å²) in [5, 5.41) is 11.4. The highest BCUT2D eigenvalue weighted by Crippen LogP contribution is 2.26. The molecule has 2 aromatic rings. The number of rotatable bonds is 5. The molecular formula is C16H21N5O. The molecule has 1 fully saturated rings. The summed E-state index contributed by atoms with van der Waals surface area (Å²) in [4.78, 5) is 6.84. The van der Waals surface area contributed by atoms with E-state index in [-0.39, 0.29) is 0 Å². The van der Waals surface area contributed by atoms with Crippen LogP contribution in [-0.2, 0) is 0 Å². The van der Waals surface area contributed by atoms with Crippen LogP contribution in [0.2, 0.25) is 0 Å². The summed E-state index contributed by atoms with van der Waals surface area (Å²) < 4.78 is 5.61. The second-order valence-corrected chi connectivity index (χ2v) is 5.24. The summed E-state index contributed by atoms with van der Waals surface area (Å²) in [5.41, 5.74) is 0.849. The van der Waals surface area contributed by atoms with Gasteiger partial charge in [-0.3, -0.25) is 0 Å². The molecule has 6 heteroatoms. The number of nitrogens with one attached hydrogen (secondary N) is 1. The van der Waals surface area contributed by atoms with Crippen LogP contribution in [0.4, 0.5) is 17.5 Å². The number of ether oxygens (including phenoxy) is 1. The lowest BCUT2D eigenvalue weighted by atomic mass is 10.1. The Morgan fingerprint density at radius 1 is 1.18 bits per heavy atom. The normalized spacial score (nSPS) is 14.7. The molecule has 116 valence electrons. The molecule has 1 N–H and O–H groups in total. The average Bonchev–Trinajstić information content (AvgIpc) is 2.58. The molecule has 0 amide bonds. The molecule has 0 bridgehead atoms. The highest BCUT2D eigenvalue weighted by molar-refractivity contribution is 5.62. The fourth-order valence-electron chi connectivity index (χ4n) is 2.59. The van der Waals surface area contributed by atoms with Crippen molar-refractivity contribution >= 4 is 17.5 Å². The first-order chi connectivity index (χ1) is 10.9. The first-order valence-corrected chi connectivity index (χ1v) is 7.80. The van der Waals surface area contributed by atoms with Gasteiger partial charge in [-0.2, -0.15) is 10.1 Å². The Balaban J connectivity index is 1.78. The predicted octanol–water partition coefficient (Wildman–Crippen LogP) is 3.00. The number of benzene rings is 1. The van der Waals surface area contributed by atoms with Crippen LogP contribution in [0.1, 0.15) is 26.2 Å². The van der Waals surface area contributed by atoms with Crippen LogP contribution in [0.3, 0.4) is 0 Å². The molecule has 3 rings (SSSR count). The van der Waals surface area contributed by atoms with E-state index >= 15 is 0 Å². The van der Waals surface area contributed by atoms with Gasteiger partial charge in [-0.25, -0.2) is 0 Å². The molecule has 0 aliphatic carbocycles. The largest absolute Gasteiger partial charge is 0.492 e. The van der Waals surface area contributed by atoms with E-state index in [9.17, 15) is 0 Å². The summed E-state index contributed by atoms with van der Waals surface area (Å²) in [6.07, 6.45) is 5.44. The maximum absolute atomic E-state index is 5.61. The summed E-state index contributed by atoms with van der Waals surface area (Å²) in [7, 11) is 0. The van der Waals surface area contributed by atoms with Gasteiger partial charge in [0.2, 0.25) is 5.95 Å². The molecule has 0 spiro atoms. The SMILES string of the molecule is CCOc1ccccc1Nc1nncc(N2CCCCC2)n1. The van der Waals surface area contributed by atoms with Crippen LogP contribution < -0.4 is 15.0 Å². The maximum Gasteiger partial charge on any atom is 0.249 e. The number of hydrogen-bond acceptors (Lipinski definition) is 6. The summed E-state index contributed by atoms with van der Waals surface area (Å²) in [6, 6.07) is 7.77.